The van der Waals surface area contributed by atoms with E-state index in [1.807, 2.05) is 17.0 Å². The molecule has 1 aromatic carbocycles. The molecule has 0 aromatic heterocycles. The molecule has 120 valence electrons. The van der Waals surface area contributed by atoms with Crippen molar-refractivity contribution in [2.75, 3.05) is 38.5 Å². The quantitative estimate of drug-likeness (QED) is 0.873. The number of benzene rings is 1. The summed E-state index contributed by atoms with van der Waals surface area (Å²) in [6.07, 6.45) is 7.01. The number of hydrogen-bond donors (Lipinski definition) is 1. The lowest BCUT2D eigenvalue weighted by Gasteiger charge is -2.37. The number of nitrogens with two attached hydrogens (primary N) is 1. The molecule has 4 nitrogen and oxygen atoms in total. The third-order valence-corrected chi connectivity index (χ3v) is 5.06. The molecule has 1 aliphatic heterocycles. The second-order valence-corrected chi connectivity index (χ2v) is 6.72. The van der Waals surface area contributed by atoms with E-state index in [0.717, 1.165) is 37.7 Å². The fraction of sp³-hybridized carbons (Fsp3) is 0.611. The minimum Gasteiger partial charge on any atom is -0.399 e. The van der Waals surface area contributed by atoms with Crippen molar-refractivity contribution in [1.82, 2.24) is 9.80 Å². The van der Waals surface area contributed by atoms with Gasteiger partial charge in [-0.25, -0.2) is 0 Å². The van der Waals surface area contributed by atoms with Gasteiger partial charge in [0.2, 0.25) is 0 Å². The average molecular weight is 301 g/mol. The van der Waals surface area contributed by atoms with E-state index in [9.17, 15) is 4.79 Å². The van der Waals surface area contributed by atoms with E-state index in [0.29, 0.717) is 5.69 Å². The van der Waals surface area contributed by atoms with Gasteiger partial charge in [0.05, 0.1) is 0 Å². The molecule has 0 atom stereocenters. The van der Waals surface area contributed by atoms with Crippen LogP contribution in [0, 0.1) is 5.92 Å². The summed E-state index contributed by atoms with van der Waals surface area (Å²) in [5.74, 6) is 1.02. The van der Waals surface area contributed by atoms with Gasteiger partial charge in [-0.15, -0.1) is 0 Å². The van der Waals surface area contributed by atoms with Gasteiger partial charge in [0.1, 0.15) is 0 Å². The van der Waals surface area contributed by atoms with Gasteiger partial charge in [-0.2, -0.15) is 0 Å². The first kappa shape index (κ1) is 15.3. The monoisotopic (exact) mass is 301 g/mol. The largest absolute Gasteiger partial charge is 0.399 e. The van der Waals surface area contributed by atoms with E-state index in [-0.39, 0.29) is 5.91 Å². The zero-order chi connectivity index (χ0) is 15.4. The molecule has 1 aliphatic carbocycles. The van der Waals surface area contributed by atoms with E-state index in [1.54, 1.807) is 12.1 Å². The summed E-state index contributed by atoms with van der Waals surface area (Å²) < 4.78 is 0. The van der Waals surface area contributed by atoms with Gasteiger partial charge in [-0.3, -0.25) is 9.69 Å². The highest BCUT2D eigenvalue weighted by Crippen LogP contribution is 2.24. The molecular formula is C18H27N3O. The lowest BCUT2D eigenvalue weighted by molar-refractivity contribution is 0.0606. The molecule has 1 amide bonds. The van der Waals surface area contributed by atoms with E-state index >= 15 is 0 Å². The normalized spacial score (nSPS) is 21.0. The summed E-state index contributed by atoms with van der Waals surface area (Å²) in [5.41, 5.74) is 7.13. The Morgan fingerprint density at radius 1 is 1.00 bits per heavy atom. The number of piperazine rings is 1. The molecular weight excluding hydrogens is 274 g/mol. The van der Waals surface area contributed by atoms with Gasteiger partial charge in [0.15, 0.2) is 0 Å². The van der Waals surface area contributed by atoms with E-state index in [1.165, 1.54) is 38.6 Å². The zero-order valence-electron chi connectivity index (χ0n) is 13.3. The Hall–Kier alpha value is -1.55. The van der Waals surface area contributed by atoms with Gasteiger partial charge in [-0.05, 0) is 43.0 Å². The van der Waals surface area contributed by atoms with Crippen LogP contribution in [0.25, 0.3) is 0 Å². The van der Waals surface area contributed by atoms with Crippen molar-refractivity contribution in [2.24, 2.45) is 5.92 Å². The van der Waals surface area contributed by atoms with Crippen LogP contribution in [0.5, 0.6) is 0 Å². The maximum absolute atomic E-state index is 12.5. The highest BCUT2D eigenvalue weighted by atomic mass is 16.2. The van der Waals surface area contributed by atoms with Gasteiger partial charge < -0.3 is 10.6 Å². The molecule has 0 unspecified atom stereocenters. The van der Waals surface area contributed by atoms with Crippen LogP contribution in [0.4, 0.5) is 5.69 Å². The number of amides is 1. The summed E-state index contributed by atoms with van der Waals surface area (Å²) in [5, 5.41) is 0. The zero-order valence-corrected chi connectivity index (χ0v) is 13.3. The summed E-state index contributed by atoms with van der Waals surface area (Å²) in [6, 6.07) is 7.25. The van der Waals surface area contributed by atoms with Crippen LogP contribution in [0.1, 0.15) is 42.5 Å². The van der Waals surface area contributed by atoms with Crippen LogP contribution in [0.15, 0.2) is 24.3 Å². The van der Waals surface area contributed by atoms with Crippen molar-refractivity contribution in [3.8, 4) is 0 Å². The molecule has 22 heavy (non-hydrogen) atoms. The summed E-state index contributed by atoms with van der Waals surface area (Å²) in [7, 11) is 0. The first-order chi connectivity index (χ1) is 10.7. The lowest BCUT2D eigenvalue weighted by Crippen LogP contribution is -2.49. The molecule has 2 fully saturated rings. The Balaban J connectivity index is 1.48. The second kappa shape index (κ2) is 7.14. The average Bonchev–Trinajstić information content (AvgIpc) is 2.57. The van der Waals surface area contributed by atoms with E-state index in [2.05, 4.69) is 4.90 Å². The Morgan fingerprint density at radius 2 is 1.64 bits per heavy atom. The van der Waals surface area contributed by atoms with Crippen molar-refractivity contribution in [3.63, 3.8) is 0 Å². The topological polar surface area (TPSA) is 49.6 Å². The van der Waals surface area contributed by atoms with Crippen LogP contribution in [0.2, 0.25) is 0 Å². The van der Waals surface area contributed by atoms with E-state index < -0.39 is 0 Å². The summed E-state index contributed by atoms with van der Waals surface area (Å²) in [4.78, 5) is 17.0. The number of nitrogen functional groups attached to an aromatic ring is 1. The Morgan fingerprint density at radius 3 is 2.27 bits per heavy atom. The van der Waals surface area contributed by atoms with Crippen LogP contribution in [-0.4, -0.2) is 48.4 Å². The van der Waals surface area contributed by atoms with Crippen molar-refractivity contribution in [3.05, 3.63) is 29.8 Å². The third kappa shape index (κ3) is 3.80. The molecule has 4 heteroatoms. The fourth-order valence-electron chi connectivity index (χ4n) is 3.68. The minimum atomic E-state index is 0.136. The maximum atomic E-state index is 12.5. The van der Waals surface area contributed by atoms with Gasteiger partial charge in [0, 0.05) is 44.0 Å². The van der Waals surface area contributed by atoms with Crippen molar-refractivity contribution < 1.29 is 4.79 Å². The first-order valence-electron chi connectivity index (χ1n) is 8.59. The Labute approximate surface area is 133 Å². The molecule has 2 aliphatic rings. The smallest absolute Gasteiger partial charge is 0.253 e. The van der Waals surface area contributed by atoms with Crippen molar-refractivity contribution in [1.29, 1.82) is 0 Å². The first-order valence-corrected chi connectivity index (χ1v) is 8.59. The maximum Gasteiger partial charge on any atom is 0.253 e. The molecule has 1 saturated heterocycles. The Kier molecular flexibility index (Phi) is 4.98. The second-order valence-electron chi connectivity index (χ2n) is 6.72. The molecule has 1 heterocycles. The van der Waals surface area contributed by atoms with Crippen LogP contribution < -0.4 is 5.73 Å². The van der Waals surface area contributed by atoms with Crippen LogP contribution >= 0.6 is 0 Å². The molecule has 1 saturated carbocycles. The highest BCUT2D eigenvalue weighted by Gasteiger charge is 2.24. The number of hydrogen-bond acceptors (Lipinski definition) is 3. The van der Waals surface area contributed by atoms with Crippen molar-refractivity contribution >= 4 is 11.6 Å². The molecule has 1 aromatic rings. The minimum absolute atomic E-state index is 0.136. The SMILES string of the molecule is Nc1ccc(C(=O)N2CCN(CC3CCCCC3)CC2)cc1. The number of anilines is 1. The van der Waals surface area contributed by atoms with Gasteiger partial charge >= 0.3 is 0 Å². The van der Waals surface area contributed by atoms with Gasteiger partial charge in [-0.1, -0.05) is 19.3 Å². The number of rotatable bonds is 3. The number of nitrogens with zero attached hydrogens (tertiary/aromatic N) is 2. The molecule has 0 spiro atoms. The van der Waals surface area contributed by atoms with Crippen molar-refractivity contribution in [2.45, 2.75) is 32.1 Å². The molecule has 0 bridgehead atoms. The summed E-state index contributed by atoms with van der Waals surface area (Å²) in [6.45, 7) is 4.93. The standard InChI is InChI=1S/C18H27N3O/c19-17-8-6-16(7-9-17)18(22)21-12-10-20(11-13-21)14-15-4-2-1-3-5-15/h6-9,15H,1-5,10-14,19H2. The van der Waals surface area contributed by atoms with Gasteiger partial charge in [0.25, 0.3) is 5.91 Å². The van der Waals surface area contributed by atoms with Crippen LogP contribution in [0.3, 0.4) is 0 Å². The lowest BCUT2D eigenvalue weighted by atomic mass is 9.89. The predicted molar refractivity (Wildman–Crippen MR) is 89.8 cm³/mol. The Bertz CT molecular complexity index is 486. The third-order valence-electron chi connectivity index (χ3n) is 5.06. The van der Waals surface area contributed by atoms with Crippen LogP contribution in [-0.2, 0) is 0 Å². The number of carbonyl (C=O) groups excluding carboxylic acids is 1. The number of carbonyl (C=O) groups is 1. The highest BCUT2D eigenvalue weighted by molar-refractivity contribution is 5.94. The molecule has 0 radical (unpaired) electrons. The predicted octanol–water partition coefficient (Wildman–Crippen LogP) is 2.61. The summed E-state index contributed by atoms with van der Waals surface area (Å²) >= 11 is 0. The molecule has 2 N–H and O–H groups in total. The molecule has 3 rings (SSSR count). The van der Waals surface area contributed by atoms with E-state index in [4.69, 9.17) is 5.73 Å². The fourth-order valence-corrected chi connectivity index (χ4v) is 3.68.